The molecule has 0 aliphatic heterocycles. The van der Waals surface area contributed by atoms with Gasteiger partial charge in [0.05, 0.1) is 10.9 Å². The van der Waals surface area contributed by atoms with Crippen LogP contribution in [0.15, 0.2) is 18.2 Å². The molecule has 2 rings (SSSR count). The van der Waals surface area contributed by atoms with Gasteiger partial charge in [-0.2, -0.15) is 4.98 Å². The van der Waals surface area contributed by atoms with Crippen molar-refractivity contribution in [1.29, 1.82) is 0 Å². The highest BCUT2D eigenvalue weighted by molar-refractivity contribution is 14.1. The maximum atomic E-state index is 5.72. The smallest absolute Gasteiger partial charge is 0.222 e. The maximum absolute atomic E-state index is 5.72. The van der Waals surface area contributed by atoms with Crippen molar-refractivity contribution in [2.45, 2.75) is 0 Å². The van der Waals surface area contributed by atoms with Crippen molar-refractivity contribution in [3.63, 3.8) is 0 Å². The predicted molar refractivity (Wildman–Crippen MR) is 61.1 cm³/mol. The molecule has 1 heterocycles. The molecule has 13 heavy (non-hydrogen) atoms. The van der Waals surface area contributed by atoms with E-state index in [2.05, 4.69) is 32.6 Å². The minimum absolute atomic E-state index is 0.215. The molecule has 5 heteroatoms. The lowest BCUT2D eigenvalue weighted by atomic mass is 10.2. The topological polar surface area (TPSA) is 77.8 Å². The number of nitrogens with two attached hydrogens (primary N) is 2. The lowest BCUT2D eigenvalue weighted by Crippen LogP contribution is -2.01. The maximum Gasteiger partial charge on any atom is 0.222 e. The molecular formula is C8H7IN4. The van der Waals surface area contributed by atoms with Crippen LogP contribution in [-0.4, -0.2) is 9.97 Å². The Labute approximate surface area is 88.5 Å². The summed E-state index contributed by atoms with van der Waals surface area (Å²) in [6.07, 6.45) is 0. The lowest BCUT2D eigenvalue weighted by Gasteiger charge is -2.03. The number of fused-ring (bicyclic) bond motifs is 1. The van der Waals surface area contributed by atoms with Crippen LogP contribution in [0, 0.1) is 3.57 Å². The van der Waals surface area contributed by atoms with Gasteiger partial charge in [0.25, 0.3) is 0 Å². The summed E-state index contributed by atoms with van der Waals surface area (Å²) >= 11 is 2.19. The zero-order valence-corrected chi connectivity index (χ0v) is 8.82. The second-order valence-corrected chi connectivity index (χ2v) is 3.76. The van der Waals surface area contributed by atoms with Crippen LogP contribution in [0.3, 0.4) is 0 Å². The first-order chi connectivity index (χ1) is 6.18. The summed E-state index contributed by atoms with van der Waals surface area (Å²) in [7, 11) is 0. The van der Waals surface area contributed by atoms with Crippen LogP contribution in [0.4, 0.5) is 11.8 Å². The standard InChI is InChI=1S/C8H7IN4/c9-4-2-1-3-5-6(4)7(10)13-8(11)12-5/h1-3H,(H4,10,11,12,13). The molecule has 0 fully saturated rings. The summed E-state index contributed by atoms with van der Waals surface area (Å²) in [4.78, 5) is 7.98. The van der Waals surface area contributed by atoms with Gasteiger partial charge in [-0.1, -0.05) is 6.07 Å². The van der Waals surface area contributed by atoms with Gasteiger partial charge >= 0.3 is 0 Å². The van der Waals surface area contributed by atoms with Crippen molar-refractivity contribution in [1.82, 2.24) is 9.97 Å². The largest absolute Gasteiger partial charge is 0.383 e. The Hall–Kier alpha value is -1.11. The SMILES string of the molecule is Nc1nc(N)c2c(I)cccc2n1. The minimum Gasteiger partial charge on any atom is -0.383 e. The van der Waals surface area contributed by atoms with E-state index in [-0.39, 0.29) is 5.95 Å². The van der Waals surface area contributed by atoms with Crippen LogP contribution in [0.5, 0.6) is 0 Å². The van der Waals surface area contributed by atoms with E-state index in [4.69, 9.17) is 11.5 Å². The van der Waals surface area contributed by atoms with Crippen LogP contribution < -0.4 is 11.5 Å². The summed E-state index contributed by atoms with van der Waals surface area (Å²) < 4.78 is 1.03. The molecule has 0 radical (unpaired) electrons. The number of benzene rings is 1. The molecule has 0 bridgehead atoms. The summed E-state index contributed by atoms with van der Waals surface area (Å²) in [6.45, 7) is 0. The second-order valence-electron chi connectivity index (χ2n) is 2.60. The highest BCUT2D eigenvalue weighted by Crippen LogP contribution is 2.23. The fourth-order valence-corrected chi connectivity index (χ4v) is 1.95. The van der Waals surface area contributed by atoms with Gasteiger partial charge < -0.3 is 11.5 Å². The first-order valence-electron chi connectivity index (χ1n) is 3.65. The number of aromatic nitrogens is 2. The monoisotopic (exact) mass is 286 g/mol. The van der Waals surface area contributed by atoms with E-state index < -0.39 is 0 Å². The van der Waals surface area contributed by atoms with E-state index in [0.29, 0.717) is 5.82 Å². The first-order valence-corrected chi connectivity index (χ1v) is 4.73. The van der Waals surface area contributed by atoms with Crippen LogP contribution >= 0.6 is 22.6 Å². The average molecular weight is 286 g/mol. The fraction of sp³-hybridized carbons (Fsp3) is 0. The first kappa shape index (κ1) is 8.49. The average Bonchev–Trinajstić information content (AvgIpc) is 2.02. The van der Waals surface area contributed by atoms with Gasteiger partial charge in [0.2, 0.25) is 5.95 Å². The highest BCUT2D eigenvalue weighted by Gasteiger charge is 2.05. The molecule has 1 aromatic carbocycles. The van der Waals surface area contributed by atoms with E-state index in [1.54, 1.807) is 0 Å². The molecular weight excluding hydrogens is 279 g/mol. The Morgan fingerprint density at radius 1 is 1.15 bits per heavy atom. The van der Waals surface area contributed by atoms with Gasteiger partial charge in [-0.05, 0) is 34.7 Å². The number of anilines is 2. The zero-order chi connectivity index (χ0) is 9.42. The van der Waals surface area contributed by atoms with Crippen LogP contribution in [-0.2, 0) is 0 Å². The summed E-state index contributed by atoms with van der Waals surface area (Å²) in [6, 6.07) is 5.74. The molecule has 0 saturated heterocycles. The Kier molecular flexibility index (Phi) is 1.95. The van der Waals surface area contributed by atoms with E-state index in [0.717, 1.165) is 14.5 Å². The molecule has 0 aliphatic rings. The van der Waals surface area contributed by atoms with Crippen molar-refractivity contribution in [2.75, 3.05) is 11.5 Å². The predicted octanol–water partition coefficient (Wildman–Crippen LogP) is 1.40. The van der Waals surface area contributed by atoms with E-state index in [1.165, 1.54) is 0 Å². The molecule has 0 aliphatic carbocycles. The van der Waals surface area contributed by atoms with Gasteiger partial charge in [-0.25, -0.2) is 4.98 Å². The van der Waals surface area contributed by atoms with Gasteiger partial charge in [-0.15, -0.1) is 0 Å². The molecule has 1 aromatic heterocycles. The Bertz CT molecular complexity index is 469. The fourth-order valence-electron chi connectivity index (χ4n) is 1.19. The van der Waals surface area contributed by atoms with Crippen LogP contribution in [0.2, 0.25) is 0 Å². The highest BCUT2D eigenvalue weighted by atomic mass is 127. The molecule has 4 nitrogen and oxygen atoms in total. The zero-order valence-electron chi connectivity index (χ0n) is 6.66. The molecule has 0 atom stereocenters. The van der Waals surface area contributed by atoms with Crippen LogP contribution in [0.1, 0.15) is 0 Å². The van der Waals surface area contributed by atoms with Gasteiger partial charge in [-0.3, -0.25) is 0 Å². The Morgan fingerprint density at radius 3 is 2.69 bits per heavy atom. The van der Waals surface area contributed by atoms with Crippen molar-refractivity contribution in [2.24, 2.45) is 0 Å². The van der Waals surface area contributed by atoms with Crippen molar-refractivity contribution < 1.29 is 0 Å². The van der Waals surface area contributed by atoms with Gasteiger partial charge in [0.1, 0.15) is 5.82 Å². The Morgan fingerprint density at radius 2 is 1.92 bits per heavy atom. The quantitative estimate of drug-likeness (QED) is 0.718. The Balaban J connectivity index is 2.94. The number of hydrogen-bond acceptors (Lipinski definition) is 4. The summed E-state index contributed by atoms with van der Waals surface area (Å²) in [5.74, 6) is 0.652. The number of hydrogen-bond donors (Lipinski definition) is 2. The molecule has 0 saturated carbocycles. The molecule has 4 N–H and O–H groups in total. The number of halogens is 1. The summed E-state index contributed by atoms with van der Waals surface area (Å²) in [5, 5.41) is 0.873. The van der Waals surface area contributed by atoms with E-state index >= 15 is 0 Å². The van der Waals surface area contributed by atoms with E-state index in [9.17, 15) is 0 Å². The third kappa shape index (κ3) is 1.39. The number of nitrogens with zero attached hydrogens (tertiary/aromatic N) is 2. The van der Waals surface area contributed by atoms with Crippen LogP contribution in [0.25, 0.3) is 10.9 Å². The number of rotatable bonds is 0. The molecule has 0 unspecified atom stereocenters. The minimum atomic E-state index is 0.215. The van der Waals surface area contributed by atoms with Crippen molar-refractivity contribution in [3.8, 4) is 0 Å². The van der Waals surface area contributed by atoms with Gasteiger partial charge in [0.15, 0.2) is 0 Å². The normalized spacial score (nSPS) is 10.5. The summed E-state index contributed by atoms with van der Waals surface area (Å²) in [5.41, 5.74) is 12.0. The molecule has 66 valence electrons. The lowest BCUT2D eigenvalue weighted by molar-refractivity contribution is 1.24. The molecule has 2 aromatic rings. The van der Waals surface area contributed by atoms with Gasteiger partial charge in [0, 0.05) is 3.57 Å². The van der Waals surface area contributed by atoms with E-state index in [1.807, 2.05) is 18.2 Å². The third-order valence-corrected chi connectivity index (χ3v) is 2.62. The van der Waals surface area contributed by atoms with Crippen molar-refractivity contribution in [3.05, 3.63) is 21.8 Å². The van der Waals surface area contributed by atoms with Crippen molar-refractivity contribution >= 4 is 45.3 Å². The number of nitrogen functional groups attached to an aromatic ring is 2. The second kappa shape index (κ2) is 2.99. The molecule has 0 spiro atoms. The third-order valence-electron chi connectivity index (χ3n) is 1.72. The molecule has 0 amide bonds.